The summed E-state index contributed by atoms with van der Waals surface area (Å²) in [5.74, 6) is 2.24. The lowest BCUT2D eigenvalue weighted by molar-refractivity contribution is -0.115. The molecule has 2 aliphatic heterocycles. The molecular formula is C26H29N7O4S. The number of rotatable bonds is 8. The number of amides is 2. The highest BCUT2D eigenvalue weighted by molar-refractivity contribution is 8.18. The molecule has 2 amide bonds. The Morgan fingerprint density at radius 3 is 2.71 bits per heavy atom. The quantitative estimate of drug-likeness (QED) is 0.410. The van der Waals surface area contributed by atoms with E-state index in [9.17, 15) is 9.59 Å². The summed E-state index contributed by atoms with van der Waals surface area (Å²) in [5.41, 5.74) is 4.00. The summed E-state index contributed by atoms with van der Waals surface area (Å²) in [4.78, 5) is 39.6. The fourth-order valence-corrected chi connectivity index (χ4v) is 5.34. The fourth-order valence-electron chi connectivity index (χ4n) is 4.67. The number of methoxy groups -OCH3 is 1. The lowest BCUT2D eigenvalue weighted by Gasteiger charge is -2.32. The molecule has 0 atom stereocenters. The van der Waals surface area contributed by atoms with Gasteiger partial charge in [0, 0.05) is 25.8 Å². The van der Waals surface area contributed by atoms with E-state index in [4.69, 9.17) is 14.2 Å². The Bertz CT molecular complexity index is 1360. The number of imide groups is 1. The van der Waals surface area contributed by atoms with Crippen LogP contribution in [0.25, 0.3) is 17.3 Å². The molecule has 0 spiro atoms. The molecule has 0 bridgehead atoms. The summed E-state index contributed by atoms with van der Waals surface area (Å²) in [7, 11) is 1.65. The van der Waals surface area contributed by atoms with Gasteiger partial charge < -0.3 is 19.5 Å². The van der Waals surface area contributed by atoms with Crippen LogP contribution in [0.4, 0.5) is 10.7 Å². The van der Waals surface area contributed by atoms with Crippen LogP contribution in [-0.4, -0.2) is 58.0 Å². The minimum absolute atomic E-state index is 0.341. The van der Waals surface area contributed by atoms with Crippen molar-refractivity contribution < 1.29 is 18.8 Å². The summed E-state index contributed by atoms with van der Waals surface area (Å²) in [6, 6.07) is 5.59. The van der Waals surface area contributed by atoms with Gasteiger partial charge in [-0.15, -0.1) is 0 Å². The van der Waals surface area contributed by atoms with E-state index in [1.165, 1.54) is 0 Å². The van der Waals surface area contributed by atoms with E-state index in [0.29, 0.717) is 29.0 Å². The van der Waals surface area contributed by atoms with Crippen LogP contribution in [0.1, 0.15) is 35.7 Å². The first-order valence-electron chi connectivity index (χ1n) is 12.4. The lowest BCUT2D eigenvalue weighted by Crippen LogP contribution is -2.38. The van der Waals surface area contributed by atoms with Gasteiger partial charge in [0.15, 0.2) is 0 Å². The highest BCUT2D eigenvalue weighted by atomic mass is 32.2. The molecule has 2 N–H and O–H groups in total. The number of aromatic nitrogens is 4. The summed E-state index contributed by atoms with van der Waals surface area (Å²) in [5, 5.41) is 9.49. The van der Waals surface area contributed by atoms with Crippen molar-refractivity contribution in [3.05, 3.63) is 52.1 Å². The second kappa shape index (κ2) is 11.3. The van der Waals surface area contributed by atoms with Crippen molar-refractivity contribution in [1.82, 2.24) is 30.7 Å². The highest BCUT2D eigenvalue weighted by Gasteiger charge is 2.26. The molecule has 3 aromatic heterocycles. The maximum Gasteiger partial charge on any atom is 0.290 e. The van der Waals surface area contributed by atoms with Crippen LogP contribution in [0.2, 0.25) is 0 Å². The fraction of sp³-hybridized carbons (Fsp3) is 0.385. The highest BCUT2D eigenvalue weighted by Crippen LogP contribution is 2.29. The van der Waals surface area contributed by atoms with Crippen LogP contribution < -0.4 is 20.3 Å². The molecule has 12 heteroatoms. The Balaban J connectivity index is 1.16. The second-order valence-electron chi connectivity index (χ2n) is 9.24. The maximum absolute atomic E-state index is 11.8. The van der Waals surface area contributed by atoms with Crippen LogP contribution in [0.3, 0.4) is 0 Å². The van der Waals surface area contributed by atoms with Gasteiger partial charge in [-0.2, -0.15) is 0 Å². The van der Waals surface area contributed by atoms with Gasteiger partial charge in [0.05, 0.1) is 40.4 Å². The summed E-state index contributed by atoms with van der Waals surface area (Å²) < 4.78 is 10.8. The summed E-state index contributed by atoms with van der Waals surface area (Å²) in [6.45, 7) is 6.93. The third-order valence-corrected chi connectivity index (χ3v) is 7.46. The average Bonchev–Trinajstić information content (AvgIpc) is 3.42. The third-order valence-electron chi connectivity index (χ3n) is 6.65. The van der Waals surface area contributed by atoms with Gasteiger partial charge in [0.2, 0.25) is 5.95 Å². The first-order chi connectivity index (χ1) is 18.4. The molecule has 3 aromatic rings. The summed E-state index contributed by atoms with van der Waals surface area (Å²) in [6.07, 6.45) is 5.30. The van der Waals surface area contributed by atoms with Crippen molar-refractivity contribution in [3.8, 4) is 17.0 Å². The molecular weight excluding hydrogens is 506 g/mol. The number of nitrogens with one attached hydrogen (secondary N) is 2. The van der Waals surface area contributed by atoms with E-state index >= 15 is 0 Å². The number of carbonyl (C=O) groups is 2. The normalized spacial score (nSPS) is 17.3. The van der Waals surface area contributed by atoms with E-state index in [-0.39, 0.29) is 5.24 Å². The van der Waals surface area contributed by atoms with Crippen LogP contribution in [0.5, 0.6) is 5.75 Å². The Kier molecular flexibility index (Phi) is 7.70. The van der Waals surface area contributed by atoms with E-state index in [2.05, 4.69) is 30.7 Å². The number of ether oxygens (including phenoxy) is 1. The number of piperidine rings is 1. The van der Waals surface area contributed by atoms with Gasteiger partial charge in [0.25, 0.3) is 11.1 Å². The molecule has 2 aliphatic rings. The predicted octanol–water partition coefficient (Wildman–Crippen LogP) is 3.48. The standard InChI is InChI=1S/C26H29N7O4S/c1-15-23(16(2)37-32-15)19-4-5-21(36-3)20(30-19)14-27-13-17-7-10-33(11-8-17)25-28-9-6-18(29-25)12-22-24(34)31-26(35)38-22/h4-6,9,12,17,27H,7-8,10-11,13-14H2,1-3H3,(H,31,34,35)/b22-12-. The van der Waals surface area contributed by atoms with Gasteiger partial charge >= 0.3 is 0 Å². The first-order valence-corrected chi connectivity index (χ1v) is 13.2. The van der Waals surface area contributed by atoms with Gasteiger partial charge in [-0.05, 0) is 75.2 Å². The number of aryl methyl sites for hydroxylation is 2. The largest absolute Gasteiger partial charge is 0.495 e. The van der Waals surface area contributed by atoms with Crippen LogP contribution in [-0.2, 0) is 11.3 Å². The lowest BCUT2D eigenvalue weighted by atomic mass is 9.97. The van der Waals surface area contributed by atoms with Crippen molar-refractivity contribution in [3.63, 3.8) is 0 Å². The zero-order valence-corrected chi connectivity index (χ0v) is 22.3. The minimum Gasteiger partial charge on any atom is -0.495 e. The zero-order chi connectivity index (χ0) is 26.6. The SMILES string of the molecule is COc1ccc(-c2c(C)noc2C)nc1CNCC1CCN(c2nccc(/C=C3\SC(=O)NC3=O)n2)CC1. The Labute approximate surface area is 224 Å². The molecule has 0 aromatic carbocycles. The number of hydrogen-bond acceptors (Lipinski definition) is 11. The van der Waals surface area contributed by atoms with E-state index < -0.39 is 5.91 Å². The number of thioether (sulfide) groups is 1. The molecule has 5 heterocycles. The number of pyridine rings is 1. The third kappa shape index (κ3) is 5.70. The van der Waals surface area contributed by atoms with E-state index in [1.807, 2.05) is 26.0 Å². The Morgan fingerprint density at radius 2 is 2.03 bits per heavy atom. The van der Waals surface area contributed by atoms with Crippen molar-refractivity contribution in [2.24, 2.45) is 5.92 Å². The van der Waals surface area contributed by atoms with Gasteiger partial charge in [-0.1, -0.05) is 5.16 Å². The van der Waals surface area contributed by atoms with Crippen molar-refractivity contribution in [2.75, 3.05) is 31.6 Å². The van der Waals surface area contributed by atoms with Crippen LogP contribution in [0.15, 0.2) is 33.8 Å². The molecule has 38 heavy (non-hydrogen) atoms. The molecule has 0 unspecified atom stereocenters. The topological polar surface area (TPSA) is 135 Å². The zero-order valence-electron chi connectivity index (χ0n) is 21.5. The first kappa shape index (κ1) is 25.9. The number of anilines is 1. The number of hydrogen-bond donors (Lipinski definition) is 2. The van der Waals surface area contributed by atoms with Gasteiger partial charge in [0.1, 0.15) is 11.5 Å². The van der Waals surface area contributed by atoms with Crippen LogP contribution in [0, 0.1) is 19.8 Å². The van der Waals surface area contributed by atoms with Crippen molar-refractivity contribution in [2.45, 2.75) is 33.2 Å². The van der Waals surface area contributed by atoms with E-state index in [1.54, 1.807) is 25.4 Å². The summed E-state index contributed by atoms with van der Waals surface area (Å²) >= 11 is 0.881. The molecule has 11 nitrogen and oxygen atoms in total. The molecule has 0 aliphatic carbocycles. The van der Waals surface area contributed by atoms with Gasteiger partial charge in [-0.3, -0.25) is 14.9 Å². The number of carbonyl (C=O) groups excluding carboxylic acids is 2. The molecule has 198 valence electrons. The van der Waals surface area contributed by atoms with Crippen molar-refractivity contribution in [1.29, 1.82) is 0 Å². The molecule has 0 radical (unpaired) electrons. The Hall–Kier alpha value is -3.77. The molecule has 2 fully saturated rings. The van der Waals surface area contributed by atoms with Crippen LogP contribution >= 0.6 is 11.8 Å². The monoisotopic (exact) mass is 535 g/mol. The molecule has 2 saturated heterocycles. The van der Waals surface area contributed by atoms with E-state index in [0.717, 1.165) is 78.4 Å². The molecule has 5 rings (SSSR count). The van der Waals surface area contributed by atoms with Crippen molar-refractivity contribution >= 4 is 34.9 Å². The predicted molar refractivity (Wildman–Crippen MR) is 144 cm³/mol. The average molecular weight is 536 g/mol. The molecule has 0 saturated carbocycles. The number of nitrogens with zero attached hydrogens (tertiary/aromatic N) is 5. The minimum atomic E-state index is -0.392. The van der Waals surface area contributed by atoms with Gasteiger partial charge in [-0.25, -0.2) is 15.0 Å². The smallest absolute Gasteiger partial charge is 0.290 e. The maximum atomic E-state index is 11.8. The second-order valence-corrected chi connectivity index (χ2v) is 10.3. The Morgan fingerprint density at radius 1 is 1.21 bits per heavy atom.